The maximum atomic E-state index is 13.7. The average molecular weight is 614 g/mol. The van der Waals surface area contributed by atoms with Crippen LogP contribution < -0.4 is 27.1 Å². The van der Waals surface area contributed by atoms with Crippen molar-refractivity contribution in [2.24, 2.45) is 33.9 Å². The fourth-order valence-electron chi connectivity index (χ4n) is 7.34. The zero-order valence-corrected chi connectivity index (χ0v) is 26.3. The normalized spacial score (nSPS) is 31.2. The molecule has 2 bridgehead atoms. The molecule has 238 valence electrons. The summed E-state index contributed by atoms with van der Waals surface area (Å²) in [6.07, 6.45) is 6.12. The lowest BCUT2D eigenvalue weighted by Gasteiger charge is -2.64. The summed E-state index contributed by atoms with van der Waals surface area (Å²) >= 11 is 0. The van der Waals surface area contributed by atoms with Crippen LogP contribution in [0.3, 0.4) is 0 Å². The van der Waals surface area contributed by atoms with Gasteiger partial charge in [-0.3, -0.25) is 9.59 Å². The lowest BCUT2D eigenvalue weighted by molar-refractivity contribution is -0.525. The fraction of sp³-hybridized carbons (Fsp3) is 0.889. The number of guanidine groups is 1. The van der Waals surface area contributed by atoms with Gasteiger partial charge >= 0.3 is 7.12 Å². The van der Waals surface area contributed by atoms with Gasteiger partial charge in [-0.25, -0.2) is 15.1 Å². The van der Waals surface area contributed by atoms with Gasteiger partial charge in [0, 0.05) is 6.54 Å². The monoisotopic (exact) mass is 613 g/mol. The second-order valence-electron chi connectivity index (χ2n) is 13.4. The van der Waals surface area contributed by atoms with Crippen molar-refractivity contribution in [3.63, 3.8) is 0 Å². The van der Waals surface area contributed by atoms with E-state index in [2.05, 4.69) is 55.6 Å². The highest BCUT2D eigenvalue weighted by Gasteiger charge is 2.68. The van der Waals surface area contributed by atoms with Crippen molar-refractivity contribution in [1.29, 1.82) is 0 Å². The molecule has 3 aliphatic carbocycles. The van der Waals surface area contributed by atoms with Crippen LogP contribution in [0.25, 0.3) is 0 Å². The molecule has 0 radical (unpaired) electrons. The number of nitrogens with one attached hydrogen (secondary N) is 4. The summed E-state index contributed by atoms with van der Waals surface area (Å²) in [6.45, 7) is 11.9. The number of aliphatic imine (C=N–C) groups is 1. The fourth-order valence-corrected chi connectivity index (χ4v) is 7.34. The van der Waals surface area contributed by atoms with E-state index in [9.17, 15) is 19.7 Å². The smallest absolute Gasteiger partial charge is 0.404 e. The van der Waals surface area contributed by atoms with Crippen LogP contribution in [0.5, 0.6) is 0 Å². The molecule has 5 rings (SSSR count). The molecule has 13 nitrogen and oxygen atoms in total. The zero-order valence-electron chi connectivity index (χ0n) is 25.5. The van der Waals surface area contributed by atoms with Gasteiger partial charge in [-0.1, -0.05) is 39.5 Å². The molecule has 42 heavy (non-hydrogen) atoms. The summed E-state index contributed by atoms with van der Waals surface area (Å²) in [6, 6.07) is -1.16. The highest BCUT2D eigenvalue weighted by atomic mass is 35.5. The molecule has 2 aliphatic heterocycles. The topological polar surface area (TPSA) is 182 Å². The van der Waals surface area contributed by atoms with Gasteiger partial charge in [0.05, 0.1) is 23.7 Å². The van der Waals surface area contributed by atoms with Crippen molar-refractivity contribution in [2.45, 2.75) is 116 Å². The summed E-state index contributed by atoms with van der Waals surface area (Å²) in [5, 5.41) is 19.1. The third kappa shape index (κ3) is 7.67. The van der Waals surface area contributed by atoms with E-state index in [0.29, 0.717) is 37.5 Å². The van der Waals surface area contributed by atoms with E-state index in [1.165, 1.54) is 0 Å². The van der Waals surface area contributed by atoms with E-state index in [0.717, 1.165) is 32.2 Å². The number of amides is 2. The van der Waals surface area contributed by atoms with E-state index in [4.69, 9.17) is 15.0 Å². The van der Waals surface area contributed by atoms with Gasteiger partial charge in [-0.2, -0.15) is 0 Å². The minimum absolute atomic E-state index is 0. The van der Waals surface area contributed by atoms with Crippen molar-refractivity contribution < 1.29 is 23.9 Å². The number of halogens is 1. The first-order valence-electron chi connectivity index (χ1n) is 15.2. The highest BCUT2D eigenvalue weighted by molar-refractivity contribution is 6.48. The minimum Gasteiger partial charge on any atom is -0.404 e. The number of hydrogen-bond acceptors (Lipinski definition) is 8. The van der Waals surface area contributed by atoms with Crippen LogP contribution in [0.15, 0.2) is 4.99 Å². The number of nitrogens with two attached hydrogens (primary N) is 1. The lowest BCUT2D eigenvalue weighted by Crippen LogP contribution is -2.65. The maximum absolute atomic E-state index is 13.7. The Morgan fingerprint density at radius 1 is 1.21 bits per heavy atom. The van der Waals surface area contributed by atoms with E-state index in [1.807, 2.05) is 0 Å². The molecule has 5 fully saturated rings. The van der Waals surface area contributed by atoms with E-state index >= 15 is 0 Å². The summed E-state index contributed by atoms with van der Waals surface area (Å²) in [5.41, 5.74) is 7.14. The predicted octanol–water partition coefficient (Wildman–Crippen LogP) is 1.71. The van der Waals surface area contributed by atoms with Gasteiger partial charge in [-0.05, 0) is 81.6 Å². The van der Waals surface area contributed by atoms with Crippen LogP contribution in [0.2, 0.25) is 0 Å². The van der Waals surface area contributed by atoms with Gasteiger partial charge in [0.15, 0.2) is 5.03 Å². The summed E-state index contributed by atoms with van der Waals surface area (Å²) in [5.74, 6) is 0.0989. The second kappa shape index (κ2) is 14.1. The maximum Gasteiger partial charge on any atom is 0.481 e. The van der Waals surface area contributed by atoms with Gasteiger partial charge < -0.3 is 31.0 Å². The van der Waals surface area contributed by atoms with Crippen LogP contribution in [0.4, 0.5) is 0 Å². The largest absolute Gasteiger partial charge is 0.481 e. The summed E-state index contributed by atoms with van der Waals surface area (Å²) in [4.78, 5) is 41.3. The summed E-state index contributed by atoms with van der Waals surface area (Å²) < 4.78 is 13.2. The number of hydrazine groups is 1. The molecule has 0 spiro atoms. The van der Waals surface area contributed by atoms with Gasteiger partial charge in [0.2, 0.25) is 11.8 Å². The number of carbonyl (C=O) groups is 2. The number of piperidine rings is 1. The third-order valence-corrected chi connectivity index (χ3v) is 9.75. The Kier molecular flexibility index (Phi) is 11.5. The van der Waals surface area contributed by atoms with Crippen LogP contribution in [-0.2, 0) is 18.9 Å². The molecule has 7 atom stereocenters. The van der Waals surface area contributed by atoms with Crippen molar-refractivity contribution in [3.05, 3.63) is 10.1 Å². The molecule has 0 aromatic rings. The number of nitrogens with zero attached hydrogens (tertiary/aromatic N) is 2. The molecular weight excluding hydrogens is 565 g/mol. The molecule has 0 unspecified atom stereocenters. The molecule has 5 aliphatic rings. The molecule has 0 aromatic heterocycles. The standard InChI is InChI=1S/C27H48BN7O6.ClH/c1-16(2)13-22(28-40-21-15-17-14-20(26(17,3)4)27(21,5)41-28)33-24(37)19(10-8-12-31-25(29)34-35(38)39)32-23(36)18-9-6-7-11-30-18;/h16-22,30H,6-15H2,1-5H3,(H,32,36)(H,33,37)(H3,29,31,34);1H/t17-,18+,19-,20-,21+,22-,27-;/m0./s1. The van der Waals surface area contributed by atoms with Gasteiger partial charge in [0.1, 0.15) is 6.04 Å². The van der Waals surface area contributed by atoms with E-state index in [-0.39, 0.29) is 66.1 Å². The predicted molar refractivity (Wildman–Crippen MR) is 162 cm³/mol. The number of nitro groups is 1. The van der Waals surface area contributed by atoms with Crippen LogP contribution >= 0.6 is 12.4 Å². The van der Waals surface area contributed by atoms with Crippen molar-refractivity contribution in [2.75, 3.05) is 13.1 Å². The lowest BCUT2D eigenvalue weighted by atomic mass is 9.43. The second-order valence-corrected chi connectivity index (χ2v) is 13.4. The first kappa shape index (κ1) is 34.3. The highest BCUT2D eigenvalue weighted by Crippen LogP contribution is 2.65. The minimum atomic E-state index is -0.813. The quantitative estimate of drug-likeness (QED) is 0.0546. The Bertz CT molecular complexity index is 1010. The molecule has 6 N–H and O–H groups in total. The third-order valence-electron chi connectivity index (χ3n) is 9.75. The number of rotatable bonds is 12. The van der Waals surface area contributed by atoms with Crippen molar-refractivity contribution in [3.8, 4) is 0 Å². The number of carbonyl (C=O) groups excluding carboxylic acids is 2. The average Bonchev–Trinajstić information content (AvgIpc) is 3.26. The van der Waals surface area contributed by atoms with Gasteiger partial charge in [-0.15, -0.1) is 12.4 Å². The van der Waals surface area contributed by atoms with Crippen LogP contribution in [0.1, 0.15) is 86.0 Å². The Morgan fingerprint density at radius 2 is 1.95 bits per heavy atom. The van der Waals surface area contributed by atoms with E-state index < -0.39 is 23.8 Å². The zero-order chi connectivity index (χ0) is 29.9. The van der Waals surface area contributed by atoms with Crippen LogP contribution in [0, 0.1) is 33.3 Å². The summed E-state index contributed by atoms with van der Waals surface area (Å²) in [7, 11) is -0.569. The Morgan fingerprint density at radius 3 is 2.57 bits per heavy atom. The molecule has 0 aromatic carbocycles. The molecule has 2 saturated heterocycles. The SMILES string of the molecule is CC(C)C[C@H](NC(=O)[C@H](CCCN=C(N)N[N+](=O)[O-])NC(=O)[C@H]1CCCCN1)B1O[C@@H]2C[C@@H]3C[C@@H](C3(C)C)[C@]2(C)O1.Cl. The molecular formula is C27H49BClN7O6. The first-order chi connectivity index (χ1) is 19.3. The first-order valence-corrected chi connectivity index (χ1v) is 15.2. The van der Waals surface area contributed by atoms with Crippen LogP contribution in [-0.4, -0.2) is 72.7 Å². The Labute approximate surface area is 255 Å². The van der Waals surface area contributed by atoms with Crippen molar-refractivity contribution in [1.82, 2.24) is 21.4 Å². The van der Waals surface area contributed by atoms with Crippen molar-refractivity contribution >= 4 is 37.3 Å². The molecule has 3 saturated carbocycles. The Balaban J connectivity index is 0.00000484. The number of hydrogen-bond donors (Lipinski definition) is 5. The molecule has 2 heterocycles. The van der Waals surface area contributed by atoms with E-state index in [1.54, 1.807) is 5.43 Å². The van der Waals surface area contributed by atoms with Gasteiger partial charge in [0.25, 0.3) is 5.96 Å². The Hall–Kier alpha value is -2.16. The molecule has 2 amide bonds. The molecule has 15 heteroatoms.